The second-order valence-electron chi connectivity index (χ2n) is 3.11. The van der Waals surface area contributed by atoms with E-state index in [1.54, 1.807) is 6.07 Å². The summed E-state index contributed by atoms with van der Waals surface area (Å²) in [5.74, 6) is -0.376. The fourth-order valence-electron chi connectivity index (χ4n) is 1.14. The fraction of sp³-hybridized carbons (Fsp3) is 0.455. The standard InChI is InChI=1S/C11H15FO4/c12-10-7-9(8-14)1-2-11(10)16-6-5-15-4-3-13/h1-2,7,13-14H,3-6,8H2. The van der Waals surface area contributed by atoms with E-state index in [2.05, 4.69) is 0 Å². The van der Waals surface area contributed by atoms with E-state index in [-0.39, 0.29) is 32.2 Å². The lowest BCUT2D eigenvalue weighted by Crippen LogP contribution is -2.09. The van der Waals surface area contributed by atoms with Gasteiger partial charge in [0.1, 0.15) is 6.61 Å². The Morgan fingerprint density at radius 1 is 1.12 bits per heavy atom. The van der Waals surface area contributed by atoms with Crippen molar-refractivity contribution in [2.24, 2.45) is 0 Å². The Balaban J connectivity index is 2.36. The van der Waals surface area contributed by atoms with E-state index < -0.39 is 5.82 Å². The van der Waals surface area contributed by atoms with Crippen LogP contribution >= 0.6 is 0 Å². The van der Waals surface area contributed by atoms with Crippen LogP contribution in [-0.2, 0) is 11.3 Å². The molecule has 0 fully saturated rings. The first-order chi connectivity index (χ1) is 7.77. The highest BCUT2D eigenvalue weighted by Gasteiger charge is 2.03. The van der Waals surface area contributed by atoms with Crippen LogP contribution in [0.15, 0.2) is 18.2 Å². The van der Waals surface area contributed by atoms with Gasteiger partial charge in [-0.1, -0.05) is 6.07 Å². The van der Waals surface area contributed by atoms with Crippen molar-refractivity contribution < 1.29 is 24.1 Å². The lowest BCUT2D eigenvalue weighted by atomic mass is 10.2. The first kappa shape index (κ1) is 12.9. The van der Waals surface area contributed by atoms with Gasteiger partial charge in [0, 0.05) is 0 Å². The molecule has 5 heteroatoms. The van der Waals surface area contributed by atoms with Gasteiger partial charge >= 0.3 is 0 Å². The molecular weight excluding hydrogens is 215 g/mol. The quantitative estimate of drug-likeness (QED) is 0.677. The van der Waals surface area contributed by atoms with Gasteiger partial charge in [-0.15, -0.1) is 0 Å². The SMILES string of the molecule is OCCOCCOc1ccc(CO)cc1F. The number of rotatable bonds is 7. The monoisotopic (exact) mass is 230 g/mol. The van der Waals surface area contributed by atoms with Crippen molar-refractivity contribution in [2.45, 2.75) is 6.61 Å². The number of halogens is 1. The summed E-state index contributed by atoms with van der Waals surface area (Å²) in [6.07, 6.45) is 0. The summed E-state index contributed by atoms with van der Waals surface area (Å²) in [6, 6.07) is 4.28. The predicted molar refractivity (Wildman–Crippen MR) is 55.7 cm³/mol. The molecule has 0 aromatic heterocycles. The minimum absolute atomic E-state index is 0.0421. The highest BCUT2D eigenvalue weighted by molar-refractivity contribution is 5.28. The van der Waals surface area contributed by atoms with Crippen molar-refractivity contribution in [2.75, 3.05) is 26.4 Å². The van der Waals surface area contributed by atoms with Gasteiger partial charge in [-0.05, 0) is 17.7 Å². The molecule has 16 heavy (non-hydrogen) atoms. The lowest BCUT2D eigenvalue weighted by molar-refractivity contribution is 0.0696. The van der Waals surface area contributed by atoms with Crippen LogP contribution < -0.4 is 4.74 Å². The Bertz CT molecular complexity index is 317. The number of hydrogen-bond donors (Lipinski definition) is 2. The highest BCUT2D eigenvalue weighted by Crippen LogP contribution is 2.18. The minimum Gasteiger partial charge on any atom is -0.488 e. The molecule has 0 saturated carbocycles. The van der Waals surface area contributed by atoms with Crippen molar-refractivity contribution in [3.8, 4) is 5.75 Å². The molecule has 1 aromatic carbocycles. The second kappa shape index (κ2) is 7.16. The maximum Gasteiger partial charge on any atom is 0.165 e. The summed E-state index contributed by atoms with van der Waals surface area (Å²) < 4.78 is 23.4. The molecule has 0 aliphatic rings. The maximum absolute atomic E-state index is 13.3. The van der Waals surface area contributed by atoms with Crippen molar-refractivity contribution in [3.05, 3.63) is 29.6 Å². The molecule has 1 aromatic rings. The Morgan fingerprint density at radius 2 is 1.94 bits per heavy atom. The molecule has 0 saturated heterocycles. The Hall–Kier alpha value is -1.17. The topological polar surface area (TPSA) is 58.9 Å². The molecule has 0 aliphatic carbocycles. The summed E-state index contributed by atoms with van der Waals surface area (Å²) in [7, 11) is 0. The summed E-state index contributed by atoms with van der Waals surface area (Å²) in [5, 5.41) is 17.2. The van der Waals surface area contributed by atoms with Gasteiger partial charge in [-0.25, -0.2) is 4.39 Å². The van der Waals surface area contributed by atoms with Crippen molar-refractivity contribution in [3.63, 3.8) is 0 Å². The molecule has 0 bridgehead atoms. The highest BCUT2D eigenvalue weighted by atomic mass is 19.1. The molecule has 0 spiro atoms. The van der Waals surface area contributed by atoms with Crippen LogP contribution in [0, 0.1) is 5.82 Å². The van der Waals surface area contributed by atoms with Crippen LogP contribution in [0.3, 0.4) is 0 Å². The largest absolute Gasteiger partial charge is 0.488 e. The zero-order valence-electron chi connectivity index (χ0n) is 8.86. The molecule has 1 rings (SSSR count). The molecular formula is C11H15FO4. The lowest BCUT2D eigenvalue weighted by Gasteiger charge is -2.08. The average molecular weight is 230 g/mol. The normalized spacial score (nSPS) is 10.4. The Morgan fingerprint density at radius 3 is 2.56 bits per heavy atom. The van der Waals surface area contributed by atoms with Crippen molar-refractivity contribution in [1.82, 2.24) is 0 Å². The number of hydrogen-bond acceptors (Lipinski definition) is 4. The molecule has 0 atom stereocenters. The van der Waals surface area contributed by atoms with Crippen molar-refractivity contribution in [1.29, 1.82) is 0 Å². The molecule has 90 valence electrons. The molecule has 2 N–H and O–H groups in total. The van der Waals surface area contributed by atoms with E-state index in [0.717, 1.165) is 0 Å². The zero-order valence-corrected chi connectivity index (χ0v) is 8.86. The molecule has 0 amide bonds. The van der Waals surface area contributed by atoms with Gasteiger partial charge in [0.05, 0.1) is 26.4 Å². The van der Waals surface area contributed by atoms with Gasteiger partial charge in [-0.2, -0.15) is 0 Å². The van der Waals surface area contributed by atoms with Gasteiger partial charge in [-0.3, -0.25) is 0 Å². The van der Waals surface area contributed by atoms with Gasteiger partial charge in [0.2, 0.25) is 0 Å². The van der Waals surface area contributed by atoms with E-state index in [0.29, 0.717) is 12.2 Å². The average Bonchev–Trinajstić information content (AvgIpc) is 2.30. The molecule has 0 aliphatic heterocycles. The maximum atomic E-state index is 13.3. The number of aliphatic hydroxyl groups is 2. The fourth-order valence-corrected chi connectivity index (χ4v) is 1.14. The third kappa shape index (κ3) is 4.14. The van der Waals surface area contributed by atoms with Crippen LogP contribution in [0.4, 0.5) is 4.39 Å². The van der Waals surface area contributed by atoms with Crippen LogP contribution in [-0.4, -0.2) is 36.6 Å². The summed E-state index contributed by atoms with van der Waals surface area (Å²) in [5.41, 5.74) is 0.501. The Kier molecular flexibility index (Phi) is 5.77. The summed E-state index contributed by atoms with van der Waals surface area (Å²) in [6.45, 7) is 0.517. The number of ether oxygens (including phenoxy) is 2. The third-order valence-corrected chi connectivity index (χ3v) is 1.90. The molecule has 4 nitrogen and oxygen atoms in total. The van der Waals surface area contributed by atoms with Crippen LogP contribution in [0.2, 0.25) is 0 Å². The molecule has 0 heterocycles. The van der Waals surface area contributed by atoms with E-state index in [1.807, 2.05) is 0 Å². The zero-order chi connectivity index (χ0) is 11.8. The number of benzene rings is 1. The second-order valence-corrected chi connectivity index (χ2v) is 3.11. The van der Waals surface area contributed by atoms with Crippen LogP contribution in [0.25, 0.3) is 0 Å². The van der Waals surface area contributed by atoms with E-state index in [4.69, 9.17) is 19.7 Å². The third-order valence-electron chi connectivity index (χ3n) is 1.90. The predicted octanol–water partition coefficient (Wildman–Crippen LogP) is 0.706. The number of aliphatic hydroxyl groups excluding tert-OH is 2. The smallest absolute Gasteiger partial charge is 0.165 e. The van der Waals surface area contributed by atoms with E-state index in [9.17, 15) is 4.39 Å². The first-order valence-electron chi connectivity index (χ1n) is 4.98. The summed E-state index contributed by atoms with van der Waals surface area (Å²) >= 11 is 0. The van der Waals surface area contributed by atoms with E-state index in [1.165, 1.54) is 12.1 Å². The Labute approximate surface area is 93.2 Å². The first-order valence-corrected chi connectivity index (χ1v) is 4.98. The summed E-state index contributed by atoms with van der Waals surface area (Å²) in [4.78, 5) is 0. The van der Waals surface area contributed by atoms with Gasteiger partial charge < -0.3 is 19.7 Å². The molecule has 0 radical (unpaired) electrons. The van der Waals surface area contributed by atoms with Crippen molar-refractivity contribution >= 4 is 0 Å². The van der Waals surface area contributed by atoms with Gasteiger partial charge in [0.25, 0.3) is 0 Å². The van der Waals surface area contributed by atoms with Gasteiger partial charge in [0.15, 0.2) is 11.6 Å². The van der Waals surface area contributed by atoms with E-state index >= 15 is 0 Å². The molecule has 0 unspecified atom stereocenters. The van der Waals surface area contributed by atoms with Crippen LogP contribution in [0.5, 0.6) is 5.75 Å². The minimum atomic E-state index is -0.506. The van der Waals surface area contributed by atoms with Crippen LogP contribution in [0.1, 0.15) is 5.56 Å².